The van der Waals surface area contributed by atoms with Crippen molar-refractivity contribution in [3.8, 4) is 67.5 Å². The first kappa shape index (κ1) is 45.2. The van der Waals surface area contributed by atoms with E-state index >= 15 is 0 Å². The molecule has 2 heterocycles. The molecule has 0 aliphatic carbocycles. The van der Waals surface area contributed by atoms with Crippen LogP contribution in [-0.2, 0) is 42.7 Å². The number of aromatic nitrogens is 3. The zero-order valence-corrected chi connectivity index (χ0v) is 44.1. The predicted octanol–water partition coefficient (Wildman–Crippen LogP) is 16.8. The van der Waals surface area contributed by atoms with Gasteiger partial charge in [-0.25, -0.2) is 4.98 Å². The molecule has 0 spiro atoms. The molecule has 0 atom stereocenters. The summed E-state index contributed by atoms with van der Waals surface area (Å²) < 4.78 is 25.9. The van der Waals surface area contributed by atoms with Crippen LogP contribution in [0.25, 0.3) is 72.7 Å². The maximum atomic E-state index is 12.6. The normalized spacial score (nSPS) is 13.5. The Morgan fingerprint density at radius 1 is 0.552 bits per heavy atom. The van der Waals surface area contributed by atoms with E-state index in [0.29, 0.717) is 17.0 Å². The van der Waals surface area contributed by atoms with Crippen LogP contribution in [0.4, 0.5) is 0 Å². The molecule has 8 rings (SSSR count). The summed E-state index contributed by atoms with van der Waals surface area (Å²) in [5.74, 6) is 0.876. The second kappa shape index (κ2) is 17.8. The van der Waals surface area contributed by atoms with Gasteiger partial charge >= 0.3 is 0 Å². The molecular weight excluding hydrogens is 998 g/mol. The first-order valence-electron chi connectivity index (χ1n) is 24.8. The predicted molar refractivity (Wildman–Crippen MR) is 280 cm³/mol. The third-order valence-electron chi connectivity index (χ3n) is 13.9. The van der Waals surface area contributed by atoms with Crippen molar-refractivity contribution in [2.24, 2.45) is 5.41 Å². The Hall–Kier alpha value is -5.57. The zero-order chi connectivity index (χ0) is 50.2. The number of hydrogen-bond donors (Lipinski definition) is 1. The fraction of sp³-hybridized carbons (Fsp3) is 0.323. The van der Waals surface area contributed by atoms with Gasteiger partial charge in [0.15, 0.2) is 0 Å². The van der Waals surface area contributed by atoms with Crippen LogP contribution in [0.2, 0.25) is 0 Å². The van der Waals surface area contributed by atoms with E-state index < -0.39 is 6.85 Å². The second-order valence-electron chi connectivity index (χ2n) is 22.8. The molecule has 1 N–H and O–H groups in total. The maximum absolute atomic E-state index is 12.6. The number of fused-ring (bicyclic) bond motifs is 1. The minimum atomic E-state index is -2.18. The monoisotopic (exact) mass is 1070 g/mol. The van der Waals surface area contributed by atoms with E-state index in [9.17, 15) is 5.11 Å². The van der Waals surface area contributed by atoms with Gasteiger partial charge in [0.25, 0.3) is 0 Å². The van der Waals surface area contributed by atoms with Gasteiger partial charge in [0.1, 0.15) is 11.6 Å². The number of aromatic hydroxyl groups is 1. The summed E-state index contributed by atoms with van der Waals surface area (Å²) in [5.41, 5.74) is 14.3. The number of pyridine rings is 1. The second-order valence-corrected chi connectivity index (χ2v) is 22.8. The number of phenolic OH excluding ortho intramolecular Hbond substituents is 1. The first-order valence-corrected chi connectivity index (χ1v) is 23.3. The number of para-hydroxylation sites is 1. The van der Waals surface area contributed by atoms with E-state index in [4.69, 9.17) is 14.1 Å². The van der Waals surface area contributed by atoms with Crippen LogP contribution >= 0.6 is 0 Å². The van der Waals surface area contributed by atoms with Crippen LogP contribution in [0.15, 0.2) is 134 Å². The van der Waals surface area contributed by atoms with Gasteiger partial charge in [-0.1, -0.05) is 199 Å². The number of phenols is 1. The van der Waals surface area contributed by atoms with Crippen LogP contribution in [0.3, 0.4) is 0 Å². The molecule has 0 aliphatic rings. The molecule has 67 heavy (non-hydrogen) atoms. The molecule has 8 aromatic rings. The van der Waals surface area contributed by atoms with E-state index in [1.165, 1.54) is 5.56 Å². The molecule has 0 unspecified atom stereocenters. The van der Waals surface area contributed by atoms with Crippen LogP contribution in [-0.4, -0.2) is 19.6 Å². The van der Waals surface area contributed by atoms with Crippen molar-refractivity contribution in [3.63, 3.8) is 0 Å². The Morgan fingerprint density at radius 2 is 1.19 bits per heavy atom. The fourth-order valence-corrected chi connectivity index (χ4v) is 8.66. The van der Waals surface area contributed by atoms with E-state index in [0.717, 1.165) is 78.0 Å². The molecule has 4 nitrogen and oxygen atoms in total. The standard InChI is InChI=1S/C62H68N3O.Pt/c1-39-24-26-40(27-25-39)42-30-31-63-52(35-42)44-32-43(33-46(34-44)58(2,3)4)48-22-19-23-54-55(48)64-57(50-37-47(59(5,6)7)38-51(56(50)66)60(8,9)10)65(54)53-29-28-45(62(14,15)61(11,12)13)36-49(53)41-20-17-16-18-21-41;/h16-31,33-38,66H,1-15H3;/q-1;/i1D3;. The van der Waals surface area contributed by atoms with Gasteiger partial charge in [0, 0.05) is 48.2 Å². The molecule has 6 aromatic carbocycles. The van der Waals surface area contributed by atoms with Crippen molar-refractivity contribution in [1.29, 1.82) is 0 Å². The van der Waals surface area contributed by atoms with Crippen molar-refractivity contribution < 1.29 is 30.3 Å². The smallest absolute Gasteiger partial charge is 0.148 e. The topological polar surface area (TPSA) is 50.9 Å². The average molecular weight is 1070 g/mol. The summed E-state index contributed by atoms with van der Waals surface area (Å²) in [6.45, 7) is 29.1. The maximum Gasteiger partial charge on any atom is 0.148 e. The Morgan fingerprint density at radius 3 is 1.82 bits per heavy atom. The molecule has 0 amide bonds. The summed E-state index contributed by atoms with van der Waals surface area (Å²) in [6.07, 6.45) is 1.80. The van der Waals surface area contributed by atoms with Crippen LogP contribution in [0.5, 0.6) is 5.75 Å². The molecule has 0 saturated heterocycles. The van der Waals surface area contributed by atoms with Crippen molar-refractivity contribution in [3.05, 3.63) is 167 Å². The van der Waals surface area contributed by atoms with E-state index in [-0.39, 0.29) is 53.9 Å². The van der Waals surface area contributed by atoms with Gasteiger partial charge in [-0.15, -0.1) is 29.3 Å². The Kier molecular flexibility index (Phi) is 12.0. The van der Waals surface area contributed by atoms with Gasteiger partial charge in [0.05, 0.1) is 22.3 Å². The van der Waals surface area contributed by atoms with E-state index in [1.807, 2.05) is 24.3 Å². The number of aryl methyl sites for hydroxylation is 1. The minimum absolute atomic E-state index is 0. The third kappa shape index (κ3) is 9.62. The van der Waals surface area contributed by atoms with Crippen LogP contribution < -0.4 is 0 Å². The number of rotatable bonds is 7. The molecule has 0 fully saturated rings. The molecular formula is C62H68N3OPt-. The summed E-state index contributed by atoms with van der Waals surface area (Å²) in [7, 11) is 0. The van der Waals surface area contributed by atoms with Gasteiger partial charge in [-0.3, -0.25) is 9.55 Å². The molecule has 5 heteroatoms. The summed E-state index contributed by atoms with van der Waals surface area (Å²) in [6, 6.07) is 47.4. The number of nitrogens with zero attached hydrogens (tertiary/aromatic N) is 3. The Balaban J connectivity index is 0.00000722. The molecule has 0 aliphatic heterocycles. The third-order valence-corrected chi connectivity index (χ3v) is 13.9. The van der Waals surface area contributed by atoms with E-state index in [1.54, 1.807) is 18.3 Å². The van der Waals surface area contributed by atoms with Crippen LogP contribution in [0.1, 0.15) is 129 Å². The van der Waals surface area contributed by atoms with E-state index in [2.05, 4.69) is 199 Å². The van der Waals surface area contributed by atoms with Crippen molar-refractivity contribution in [2.75, 3.05) is 0 Å². The molecule has 2 aromatic heterocycles. The fourth-order valence-electron chi connectivity index (χ4n) is 8.66. The van der Waals surface area contributed by atoms with Gasteiger partial charge < -0.3 is 5.11 Å². The average Bonchev–Trinajstić information content (AvgIpc) is 3.67. The first-order chi connectivity index (χ1) is 32.0. The van der Waals surface area contributed by atoms with Crippen molar-refractivity contribution in [1.82, 2.24) is 14.5 Å². The van der Waals surface area contributed by atoms with Gasteiger partial charge in [0.2, 0.25) is 0 Å². The van der Waals surface area contributed by atoms with Crippen molar-refractivity contribution in [2.45, 2.75) is 125 Å². The quantitative estimate of drug-likeness (QED) is 0.162. The minimum Gasteiger partial charge on any atom is -0.507 e. The zero-order valence-electron chi connectivity index (χ0n) is 44.8. The largest absolute Gasteiger partial charge is 0.507 e. The number of hydrogen-bond acceptors (Lipinski definition) is 3. The summed E-state index contributed by atoms with van der Waals surface area (Å²) in [4.78, 5) is 10.6. The SMILES string of the molecule is [2H]C([2H])([2H])c1ccc(-c2ccnc(-c3[c-]c(-c4cccc5c4nc(-c4cc(C(C)(C)C)cc(C(C)(C)C)c4O)n5-c4ccc(C(C)(C)C(C)(C)C)cc4-c4ccccc4)cc(C(C)(C)C)c3)c2)cc1.[Pt]. The summed E-state index contributed by atoms with van der Waals surface area (Å²) >= 11 is 0. The van der Waals surface area contributed by atoms with Crippen molar-refractivity contribution >= 4 is 11.0 Å². The summed E-state index contributed by atoms with van der Waals surface area (Å²) in [5, 5.41) is 12.6. The molecule has 0 saturated carbocycles. The van der Waals surface area contributed by atoms with Gasteiger partial charge in [-0.05, 0) is 92.1 Å². The molecule has 0 bridgehead atoms. The molecule has 348 valence electrons. The molecule has 0 radical (unpaired) electrons. The number of imidazole rings is 1. The Labute approximate surface area is 419 Å². The van der Waals surface area contributed by atoms with Gasteiger partial charge in [-0.2, -0.15) is 0 Å². The van der Waals surface area contributed by atoms with Crippen LogP contribution in [0, 0.1) is 18.3 Å². The number of benzene rings is 6. The Bertz CT molecular complexity index is 3210.